The van der Waals surface area contributed by atoms with E-state index in [1.807, 2.05) is 0 Å². The SMILES string of the molecule is OC1[C@@H](O)[C@@H](O)C(O)(S)[C@H](O)[C@H]1O. The van der Waals surface area contributed by atoms with Crippen molar-refractivity contribution in [2.24, 2.45) is 0 Å². The van der Waals surface area contributed by atoms with Crippen molar-refractivity contribution >= 4 is 12.6 Å². The molecular formula is C6H12O6S. The van der Waals surface area contributed by atoms with E-state index in [0.29, 0.717) is 0 Å². The second-order valence-corrected chi connectivity index (χ2v) is 3.86. The van der Waals surface area contributed by atoms with E-state index in [2.05, 4.69) is 12.6 Å². The molecular weight excluding hydrogens is 200 g/mol. The maximum atomic E-state index is 9.30. The van der Waals surface area contributed by atoms with Gasteiger partial charge in [-0.15, -0.1) is 12.6 Å². The highest BCUT2D eigenvalue weighted by Crippen LogP contribution is 2.32. The van der Waals surface area contributed by atoms with Crippen molar-refractivity contribution in [3.8, 4) is 0 Å². The molecule has 0 bridgehead atoms. The van der Waals surface area contributed by atoms with Crippen LogP contribution in [-0.2, 0) is 0 Å². The number of thiol groups is 1. The molecule has 0 saturated heterocycles. The van der Waals surface area contributed by atoms with Gasteiger partial charge in [-0.25, -0.2) is 0 Å². The molecule has 6 nitrogen and oxygen atoms in total. The molecule has 13 heavy (non-hydrogen) atoms. The van der Waals surface area contributed by atoms with E-state index in [-0.39, 0.29) is 0 Å². The number of aliphatic hydroxyl groups is 6. The Labute approximate surface area is 79.5 Å². The minimum absolute atomic E-state index is 1.71. The van der Waals surface area contributed by atoms with Gasteiger partial charge in [0.2, 0.25) is 0 Å². The molecule has 1 aliphatic carbocycles. The third kappa shape index (κ3) is 1.57. The van der Waals surface area contributed by atoms with Gasteiger partial charge in [0, 0.05) is 0 Å². The van der Waals surface area contributed by atoms with Gasteiger partial charge < -0.3 is 30.6 Å². The van der Waals surface area contributed by atoms with Crippen LogP contribution in [0, 0.1) is 0 Å². The van der Waals surface area contributed by atoms with E-state index >= 15 is 0 Å². The lowest BCUT2D eigenvalue weighted by Gasteiger charge is -2.44. The predicted octanol–water partition coefficient (Wildman–Crippen LogP) is -3.58. The molecule has 0 aromatic heterocycles. The Morgan fingerprint density at radius 1 is 0.769 bits per heavy atom. The van der Waals surface area contributed by atoms with Crippen LogP contribution >= 0.6 is 12.6 Å². The van der Waals surface area contributed by atoms with Crippen molar-refractivity contribution in [3.63, 3.8) is 0 Å². The van der Waals surface area contributed by atoms with Crippen LogP contribution < -0.4 is 0 Å². The van der Waals surface area contributed by atoms with E-state index in [9.17, 15) is 5.11 Å². The quantitative estimate of drug-likeness (QED) is 0.165. The highest BCUT2D eigenvalue weighted by molar-refractivity contribution is 7.81. The van der Waals surface area contributed by atoms with Crippen LogP contribution in [0.25, 0.3) is 0 Å². The van der Waals surface area contributed by atoms with E-state index in [1.165, 1.54) is 0 Å². The van der Waals surface area contributed by atoms with Gasteiger partial charge in [0.25, 0.3) is 0 Å². The zero-order valence-electron chi connectivity index (χ0n) is 6.52. The lowest BCUT2D eigenvalue weighted by Crippen LogP contribution is -2.68. The lowest BCUT2D eigenvalue weighted by molar-refractivity contribution is -0.235. The van der Waals surface area contributed by atoms with Crippen molar-refractivity contribution in [3.05, 3.63) is 0 Å². The van der Waals surface area contributed by atoms with Gasteiger partial charge in [0.1, 0.15) is 30.5 Å². The van der Waals surface area contributed by atoms with Gasteiger partial charge in [0.05, 0.1) is 0 Å². The fourth-order valence-corrected chi connectivity index (χ4v) is 1.56. The molecule has 0 aliphatic heterocycles. The molecule has 6 atom stereocenters. The number of rotatable bonds is 0. The first-order valence-electron chi connectivity index (χ1n) is 3.65. The molecule has 6 N–H and O–H groups in total. The molecule has 0 heterocycles. The summed E-state index contributed by atoms with van der Waals surface area (Å²) in [6.07, 6.45) is -8.87. The van der Waals surface area contributed by atoms with Crippen LogP contribution in [0.4, 0.5) is 0 Å². The molecule has 1 rings (SSSR count). The summed E-state index contributed by atoms with van der Waals surface area (Å²) < 4.78 is 0. The summed E-state index contributed by atoms with van der Waals surface area (Å²) in [5, 5.41) is 54.9. The topological polar surface area (TPSA) is 121 Å². The third-order valence-electron chi connectivity index (χ3n) is 2.22. The van der Waals surface area contributed by atoms with E-state index in [4.69, 9.17) is 25.5 Å². The number of hydrogen-bond acceptors (Lipinski definition) is 7. The van der Waals surface area contributed by atoms with Gasteiger partial charge in [-0.3, -0.25) is 0 Å². The fraction of sp³-hybridized carbons (Fsp3) is 1.00. The normalized spacial score (nSPS) is 57.9. The molecule has 1 saturated carbocycles. The second-order valence-electron chi connectivity index (χ2n) is 3.14. The molecule has 0 amide bonds. The van der Waals surface area contributed by atoms with Crippen molar-refractivity contribution in [1.29, 1.82) is 0 Å². The fourth-order valence-electron chi connectivity index (χ4n) is 1.25. The minimum Gasteiger partial charge on any atom is -0.387 e. The van der Waals surface area contributed by atoms with Gasteiger partial charge in [-0.2, -0.15) is 0 Å². The highest BCUT2D eigenvalue weighted by Gasteiger charge is 2.55. The standard InChI is InChI=1S/C6H12O6S/c7-1-2(8)4(10)6(12,13)5(11)3(1)9/h1-5,7-13H/t1?,2-,3+,4-,5-,6?/m1/s1. The Kier molecular flexibility index (Phi) is 2.89. The van der Waals surface area contributed by atoms with Gasteiger partial charge >= 0.3 is 0 Å². The summed E-state index contributed by atoms with van der Waals surface area (Å²) in [7, 11) is 0. The molecule has 0 aromatic carbocycles. The molecule has 2 unspecified atom stereocenters. The summed E-state index contributed by atoms with van der Waals surface area (Å²) in [5.41, 5.74) is 0. The predicted molar refractivity (Wildman–Crippen MR) is 44.0 cm³/mol. The van der Waals surface area contributed by atoms with Crippen LogP contribution in [0.15, 0.2) is 0 Å². The van der Waals surface area contributed by atoms with Crippen molar-refractivity contribution in [2.45, 2.75) is 35.5 Å². The van der Waals surface area contributed by atoms with E-state index in [0.717, 1.165) is 0 Å². The summed E-state index contributed by atoms with van der Waals surface area (Å²) in [6, 6.07) is 0. The molecule has 0 aromatic rings. The van der Waals surface area contributed by atoms with Crippen LogP contribution in [0.3, 0.4) is 0 Å². The largest absolute Gasteiger partial charge is 0.387 e. The molecule has 7 heteroatoms. The second kappa shape index (κ2) is 3.35. The molecule has 0 spiro atoms. The zero-order valence-corrected chi connectivity index (χ0v) is 7.41. The van der Waals surface area contributed by atoms with Crippen molar-refractivity contribution in [1.82, 2.24) is 0 Å². The Morgan fingerprint density at radius 2 is 1.08 bits per heavy atom. The van der Waals surface area contributed by atoms with Gasteiger partial charge in [0.15, 0.2) is 4.93 Å². The average Bonchev–Trinajstić information content (AvgIpc) is 2.09. The summed E-state index contributed by atoms with van der Waals surface area (Å²) in [4.78, 5) is -2.34. The Morgan fingerprint density at radius 3 is 1.38 bits per heavy atom. The van der Waals surface area contributed by atoms with Crippen LogP contribution in [0.1, 0.15) is 0 Å². The first-order valence-corrected chi connectivity index (χ1v) is 4.10. The molecule has 1 aliphatic rings. The maximum Gasteiger partial charge on any atom is 0.164 e. The maximum absolute atomic E-state index is 9.30. The van der Waals surface area contributed by atoms with Crippen LogP contribution in [-0.4, -0.2) is 66.1 Å². The smallest absolute Gasteiger partial charge is 0.164 e. The monoisotopic (exact) mass is 212 g/mol. The van der Waals surface area contributed by atoms with E-state index in [1.54, 1.807) is 0 Å². The Bertz CT molecular complexity index is 180. The average molecular weight is 212 g/mol. The van der Waals surface area contributed by atoms with Crippen molar-refractivity contribution < 1.29 is 30.6 Å². The first-order chi connectivity index (χ1) is 5.80. The van der Waals surface area contributed by atoms with Crippen molar-refractivity contribution in [2.75, 3.05) is 0 Å². The first kappa shape index (κ1) is 11.2. The molecule has 0 radical (unpaired) electrons. The van der Waals surface area contributed by atoms with Crippen LogP contribution in [0.5, 0.6) is 0 Å². The van der Waals surface area contributed by atoms with E-state index < -0.39 is 35.5 Å². The zero-order chi connectivity index (χ0) is 10.4. The lowest BCUT2D eigenvalue weighted by atomic mass is 9.84. The highest BCUT2D eigenvalue weighted by atomic mass is 32.1. The minimum atomic E-state index is -2.34. The summed E-state index contributed by atoms with van der Waals surface area (Å²) in [6.45, 7) is 0. The third-order valence-corrected chi connectivity index (χ3v) is 2.75. The van der Waals surface area contributed by atoms with Gasteiger partial charge in [-0.05, 0) is 0 Å². The molecule has 1 fully saturated rings. The Hall–Kier alpha value is 0.110. The number of hydrogen-bond donors (Lipinski definition) is 7. The summed E-state index contributed by atoms with van der Waals surface area (Å²) >= 11 is 3.49. The number of aliphatic hydroxyl groups excluding tert-OH is 5. The molecule has 78 valence electrons. The van der Waals surface area contributed by atoms with Crippen LogP contribution in [0.2, 0.25) is 0 Å². The summed E-state index contributed by atoms with van der Waals surface area (Å²) in [5.74, 6) is 0. The van der Waals surface area contributed by atoms with Gasteiger partial charge in [-0.1, -0.05) is 0 Å². The Balaban J connectivity index is 2.93.